The average molecular weight is 244 g/mol. The van der Waals surface area contributed by atoms with Gasteiger partial charge in [-0.2, -0.15) is 5.26 Å². The summed E-state index contributed by atoms with van der Waals surface area (Å²) in [5.74, 6) is 1.05. The summed E-state index contributed by atoms with van der Waals surface area (Å²) < 4.78 is 0. The van der Waals surface area contributed by atoms with Crippen molar-refractivity contribution in [1.82, 2.24) is 14.9 Å². The van der Waals surface area contributed by atoms with E-state index < -0.39 is 0 Å². The van der Waals surface area contributed by atoms with E-state index in [9.17, 15) is 0 Å². The fourth-order valence-electron chi connectivity index (χ4n) is 2.42. The quantitative estimate of drug-likeness (QED) is 0.818. The van der Waals surface area contributed by atoms with Crippen molar-refractivity contribution in [3.63, 3.8) is 0 Å². The lowest BCUT2D eigenvalue weighted by atomic mass is 9.93. The van der Waals surface area contributed by atoms with Crippen LogP contribution in [0.15, 0.2) is 12.3 Å². The number of aromatic nitrogens is 2. The van der Waals surface area contributed by atoms with Gasteiger partial charge in [0.05, 0.1) is 6.07 Å². The number of hydrogen-bond donors (Lipinski definition) is 0. The molecule has 4 heteroatoms. The Bertz CT molecular complexity index is 430. The van der Waals surface area contributed by atoms with Crippen molar-refractivity contribution in [1.29, 1.82) is 5.26 Å². The number of piperidine rings is 1. The van der Waals surface area contributed by atoms with Crippen LogP contribution in [0.4, 0.5) is 0 Å². The summed E-state index contributed by atoms with van der Waals surface area (Å²) in [6.07, 6.45) is 4.87. The first-order chi connectivity index (χ1) is 8.74. The van der Waals surface area contributed by atoms with E-state index in [4.69, 9.17) is 5.26 Å². The van der Waals surface area contributed by atoms with E-state index in [-0.39, 0.29) is 5.92 Å². The lowest BCUT2D eigenvalue weighted by molar-refractivity contribution is 0.253. The molecule has 0 spiro atoms. The Balaban J connectivity index is 2.15. The molecule has 1 atom stereocenters. The Morgan fingerprint density at radius 1 is 1.50 bits per heavy atom. The molecule has 1 aliphatic heterocycles. The summed E-state index contributed by atoms with van der Waals surface area (Å²) in [6.45, 7) is 4.25. The largest absolute Gasteiger partial charge is 0.306 e. The summed E-state index contributed by atoms with van der Waals surface area (Å²) in [5.41, 5.74) is 1.11. The smallest absolute Gasteiger partial charge is 0.145 e. The molecule has 1 unspecified atom stereocenters. The van der Waals surface area contributed by atoms with Gasteiger partial charge in [0.25, 0.3) is 0 Å². The first-order valence-electron chi connectivity index (χ1n) is 6.65. The fourth-order valence-corrected chi connectivity index (χ4v) is 2.42. The molecule has 96 valence electrons. The summed E-state index contributed by atoms with van der Waals surface area (Å²) in [4.78, 5) is 11.2. The molecule has 1 aliphatic rings. The van der Waals surface area contributed by atoms with Crippen LogP contribution < -0.4 is 0 Å². The van der Waals surface area contributed by atoms with E-state index in [1.165, 1.54) is 0 Å². The minimum Gasteiger partial charge on any atom is -0.306 e. The van der Waals surface area contributed by atoms with Gasteiger partial charge >= 0.3 is 0 Å². The molecule has 2 heterocycles. The van der Waals surface area contributed by atoms with Gasteiger partial charge in [0.1, 0.15) is 11.7 Å². The van der Waals surface area contributed by atoms with Gasteiger partial charge in [-0.25, -0.2) is 9.97 Å². The zero-order chi connectivity index (χ0) is 13.0. The van der Waals surface area contributed by atoms with Crippen molar-refractivity contribution in [2.45, 2.75) is 38.0 Å². The molecule has 0 aliphatic carbocycles. The molecule has 1 saturated heterocycles. The summed E-state index contributed by atoms with van der Waals surface area (Å²) in [6, 6.07) is 4.28. The molecule has 0 N–H and O–H groups in total. The van der Waals surface area contributed by atoms with Crippen molar-refractivity contribution in [3.05, 3.63) is 23.8 Å². The van der Waals surface area contributed by atoms with E-state index in [1.54, 1.807) is 6.20 Å². The number of nitriles is 1. The maximum Gasteiger partial charge on any atom is 0.145 e. The van der Waals surface area contributed by atoms with Crippen LogP contribution in [0, 0.1) is 11.3 Å². The second-order valence-electron chi connectivity index (χ2n) is 5.01. The Labute approximate surface area is 109 Å². The van der Waals surface area contributed by atoms with Gasteiger partial charge in [-0.15, -0.1) is 0 Å². The van der Waals surface area contributed by atoms with Crippen LogP contribution in [-0.2, 0) is 0 Å². The van der Waals surface area contributed by atoms with E-state index in [2.05, 4.69) is 28.0 Å². The molecule has 0 radical (unpaired) electrons. The van der Waals surface area contributed by atoms with E-state index in [0.29, 0.717) is 11.7 Å². The highest BCUT2D eigenvalue weighted by molar-refractivity contribution is 5.15. The number of nitrogens with zero attached hydrogens (tertiary/aromatic N) is 4. The molecule has 0 saturated carbocycles. The fraction of sp³-hybridized carbons (Fsp3) is 0.643. The third-order valence-corrected chi connectivity index (χ3v) is 3.71. The Hall–Kier alpha value is -1.47. The second kappa shape index (κ2) is 5.92. The summed E-state index contributed by atoms with van der Waals surface area (Å²) in [5, 5.41) is 9.08. The molecule has 1 aromatic heterocycles. The topological polar surface area (TPSA) is 52.8 Å². The van der Waals surface area contributed by atoms with Gasteiger partial charge in [0, 0.05) is 17.8 Å². The maximum absolute atomic E-state index is 9.08. The van der Waals surface area contributed by atoms with Crippen molar-refractivity contribution >= 4 is 0 Å². The number of likely N-dealkylation sites (tertiary alicyclic amines) is 1. The Kier molecular flexibility index (Phi) is 4.27. The van der Waals surface area contributed by atoms with Gasteiger partial charge in [0.2, 0.25) is 0 Å². The van der Waals surface area contributed by atoms with Gasteiger partial charge in [-0.05, 0) is 45.5 Å². The molecule has 1 aromatic rings. The first-order valence-corrected chi connectivity index (χ1v) is 6.65. The van der Waals surface area contributed by atoms with Crippen LogP contribution in [0.1, 0.15) is 49.5 Å². The van der Waals surface area contributed by atoms with Crippen molar-refractivity contribution in [3.8, 4) is 6.07 Å². The second-order valence-corrected chi connectivity index (χ2v) is 5.01. The molecular formula is C14H20N4. The van der Waals surface area contributed by atoms with Crippen LogP contribution in [0.5, 0.6) is 0 Å². The first kappa shape index (κ1) is 13.0. The van der Waals surface area contributed by atoms with Gasteiger partial charge in [-0.3, -0.25) is 0 Å². The third-order valence-electron chi connectivity index (χ3n) is 3.71. The van der Waals surface area contributed by atoms with Crippen LogP contribution in [0.25, 0.3) is 0 Å². The SMILES string of the molecule is CCC(C#N)c1nccc(C2CCN(C)CC2)n1. The molecular weight excluding hydrogens is 224 g/mol. The molecule has 0 amide bonds. The zero-order valence-electron chi connectivity index (χ0n) is 11.1. The number of hydrogen-bond acceptors (Lipinski definition) is 4. The van der Waals surface area contributed by atoms with Crippen LogP contribution >= 0.6 is 0 Å². The minimum atomic E-state index is -0.170. The molecule has 1 fully saturated rings. The minimum absolute atomic E-state index is 0.170. The predicted octanol–water partition coefficient (Wildman–Crippen LogP) is 2.30. The lowest BCUT2D eigenvalue weighted by Gasteiger charge is -2.28. The van der Waals surface area contributed by atoms with Crippen molar-refractivity contribution in [2.75, 3.05) is 20.1 Å². The van der Waals surface area contributed by atoms with E-state index >= 15 is 0 Å². The monoisotopic (exact) mass is 244 g/mol. The van der Waals surface area contributed by atoms with Crippen LogP contribution in [0.2, 0.25) is 0 Å². The number of rotatable bonds is 3. The third kappa shape index (κ3) is 2.85. The Morgan fingerprint density at radius 3 is 2.83 bits per heavy atom. The van der Waals surface area contributed by atoms with Crippen molar-refractivity contribution < 1.29 is 0 Å². The highest BCUT2D eigenvalue weighted by Crippen LogP contribution is 2.26. The van der Waals surface area contributed by atoms with E-state index in [1.807, 2.05) is 13.0 Å². The summed E-state index contributed by atoms with van der Waals surface area (Å²) >= 11 is 0. The zero-order valence-corrected chi connectivity index (χ0v) is 11.1. The highest BCUT2D eigenvalue weighted by Gasteiger charge is 2.21. The van der Waals surface area contributed by atoms with Crippen LogP contribution in [0.3, 0.4) is 0 Å². The van der Waals surface area contributed by atoms with E-state index in [0.717, 1.165) is 38.0 Å². The molecule has 0 aromatic carbocycles. The lowest BCUT2D eigenvalue weighted by Crippen LogP contribution is -2.29. The highest BCUT2D eigenvalue weighted by atomic mass is 15.1. The molecule has 4 nitrogen and oxygen atoms in total. The molecule has 0 bridgehead atoms. The summed E-state index contributed by atoms with van der Waals surface area (Å²) in [7, 11) is 2.16. The Morgan fingerprint density at radius 2 is 2.22 bits per heavy atom. The predicted molar refractivity (Wildman–Crippen MR) is 70.1 cm³/mol. The normalized spacial score (nSPS) is 19.4. The molecule has 18 heavy (non-hydrogen) atoms. The standard InChI is InChI=1S/C14H20N4/c1-3-11(10-15)14-16-7-4-13(17-14)12-5-8-18(2)9-6-12/h4,7,11-12H,3,5-6,8-9H2,1-2H3. The maximum atomic E-state index is 9.08. The average Bonchev–Trinajstić information content (AvgIpc) is 2.41. The van der Waals surface area contributed by atoms with Crippen molar-refractivity contribution in [2.24, 2.45) is 0 Å². The van der Waals surface area contributed by atoms with Gasteiger partial charge in [-0.1, -0.05) is 6.92 Å². The molecule has 2 rings (SSSR count). The van der Waals surface area contributed by atoms with Crippen LogP contribution in [-0.4, -0.2) is 35.0 Å². The van der Waals surface area contributed by atoms with Gasteiger partial charge in [0.15, 0.2) is 0 Å². The van der Waals surface area contributed by atoms with Gasteiger partial charge < -0.3 is 4.90 Å².